The van der Waals surface area contributed by atoms with Crippen LogP contribution in [0.15, 0.2) is 78.0 Å². The van der Waals surface area contributed by atoms with Crippen molar-refractivity contribution in [2.24, 2.45) is 5.10 Å². The number of aromatic nitrogens is 1. The van der Waals surface area contributed by atoms with Gasteiger partial charge >= 0.3 is 0 Å². The van der Waals surface area contributed by atoms with E-state index >= 15 is 0 Å². The molecular formula is C24H18Cl2N4O3. The molecule has 7 nitrogen and oxygen atoms in total. The molecule has 1 N–H and O–H groups in total. The Morgan fingerprint density at radius 1 is 1.06 bits per heavy atom. The van der Waals surface area contributed by atoms with Gasteiger partial charge < -0.3 is 4.57 Å². The fourth-order valence-corrected chi connectivity index (χ4v) is 4.04. The van der Waals surface area contributed by atoms with Crippen LogP contribution >= 0.6 is 23.2 Å². The number of nitro groups is 1. The normalized spacial score (nSPS) is 11.2. The molecule has 0 aliphatic rings. The number of hydrogen-bond acceptors (Lipinski definition) is 4. The number of halogens is 2. The zero-order valence-corrected chi connectivity index (χ0v) is 18.8. The van der Waals surface area contributed by atoms with E-state index in [1.165, 1.54) is 6.07 Å². The third kappa shape index (κ3) is 5.22. The lowest BCUT2D eigenvalue weighted by atomic mass is 10.1. The van der Waals surface area contributed by atoms with E-state index in [0.717, 1.165) is 22.0 Å². The Balaban J connectivity index is 1.52. The second kappa shape index (κ2) is 9.85. The lowest BCUT2D eigenvalue weighted by Crippen LogP contribution is -2.20. The van der Waals surface area contributed by atoms with Gasteiger partial charge in [0, 0.05) is 50.9 Å². The predicted molar refractivity (Wildman–Crippen MR) is 130 cm³/mol. The SMILES string of the molecule is O=C(Cc1ccccc1[N+](=O)[O-])N/N=C/c1cn(Cc2ccc(Cl)cc2Cl)c2ccccc12. The quantitative estimate of drug-likeness (QED) is 0.212. The summed E-state index contributed by atoms with van der Waals surface area (Å²) in [6.07, 6.45) is 3.33. The average molecular weight is 481 g/mol. The number of para-hydroxylation sites is 2. The van der Waals surface area contributed by atoms with Crippen LogP contribution in [0.25, 0.3) is 10.9 Å². The average Bonchev–Trinajstić information content (AvgIpc) is 3.13. The van der Waals surface area contributed by atoms with Crippen LogP contribution < -0.4 is 5.43 Å². The van der Waals surface area contributed by atoms with Crippen molar-refractivity contribution in [3.8, 4) is 0 Å². The number of hydrazone groups is 1. The molecule has 0 saturated heterocycles. The molecule has 33 heavy (non-hydrogen) atoms. The summed E-state index contributed by atoms with van der Waals surface area (Å²) in [6, 6.07) is 19.3. The summed E-state index contributed by atoms with van der Waals surface area (Å²) >= 11 is 12.3. The molecule has 0 atom stereocenters. The number of carbonyl (C=O) groups excluding carboxylic acids is 1. The molecule has 9 heteroatoms. The zero-order chi connectivity index (χ0) is 23.4. The van der Waals surface area contributed by atoms with E-state index in [-0.39, 0.29) is 12.1 Å². The van der Waals surface area contributed by atoms with Crippen molar-refractivity contribution < 1.29 is 9.72 Å². The molecule has 1 aromatic heterocycles. The van der Waals surface area contributed by atoms with Gasteiger partial charge in [-0.25, -0.2) is 5.43 Å². The maximum atomic E-state index is 12.3. The van der Waals surface area contributed by atoms with Crippen LogP contribution in [0.2, 0.25) is 10.0 Å². The van der Waals surface area contributed by atoms with Crippen molar-refractivity contribution in [3.63, 3.8) is 0 Å². The van der Waals surface area contributed by atoms with Gasteiger partial charge in [0.05, 0.1) is 17.6 Å². The standard InChI is InChI=1S/C24H18Cl2N4O3/c25-19-10-9-17(21(26)12-19)14-29-15-18(20-6-2-4-8-23(20)29)13-27-28-24(31)11-16-5-1-3-7-22(16)30(32)33/h1-10,12-13,15H,11,14H2,(H,28,31)/b27-13+. The van der Waals surface area contributed by atoms with Crippen LogP contribution in [0.3, 0.4) is 0 Å². The summed E-state index contributed by atoms with van der Waals surface area (Å²) < 4.78 is 2.04. The lowest BCUT2D eigenvalue weighted by Gasteiger charge is -2.08. The van der Waals surface area contributed by atoms with Gasteiger partial charge in [0.25, 0.3) is 5.69 Å². The van der Waals surface area contributed by atoms with E-state index in [1.54, 1.807) is 36.5 Å². The third-order valence-electron chi connectivity index (χ3n) is 5.11. The number of fused-ring (bicyclic) bond motifs is 1. The Bertz CT molecular complexity index is 1380. The molecule has 0 bridgehead atoms. The van der Waals surface area contributed by atoms with Crippen molar-refractivity contribution >= 4 is 51.9 Å². The molecule has 0 radical (unpaired) electrons. The van der Waals surface area contributed by atoms with Crippen molar-refractivity contribution in [3.05, 3.63) is 110 Å². The number of benzene rings is 3. The van der Waals surface area contributed by atoms with E-state index in [1.807, 2.05) is 41.1 Å². The Morgan fingerprint density at radius 2 is 1.82 bits per heavy atom. The second-order valence-electron chi connectivity index (χ2n) is 7.32. The van der Waals surface area contributed by atoms with Gasteiger partial charge in [-0.3, -0.25) is 14.9 Å². The number of hydrogen-bond donors (Lipinski definition) is 1. The minimum atomic E-state index is -0.506. The summed E-state index contributed by atoms with van der Waals surface area (Å²) in [4.78, 5) is 22.9. The molecule has 4 aromatic rings. The van der Waals surface area contributed by atoms with Gasteiger partial charge in [-0.1, -0.05) is 65.7 Å². The Morgan fingerprint density at radius 3 is 2.61 bits per heavy atom. The summed E-state index contributed by atoms with van der Waals surface area (Å²) in [7, 11) is 0. The van der Waals surface area contributed by atoms with Gasteiger partial charge in [0.1, 0.15) is 0 Å². The van der Waals surface area contributed by atoms with Gasteiger partial charge in [0.15, 0.2) is 0 Å². The molecular weight excluding hydrogens is 463 g/mol. The monoisotopic (exact) mass is 480 g/mol. The molecule has 4 rings (SSSR count). The molecule has 1 amide bonds. The lowest BCUT2D eigenvalue weighted by molar-refractivity contribution is -0.385. The number of amides is 1. The summed E-state index contributed by atoms with van der Waals surface area (Å²) in [6.45, 7) is 0.536. The number of carbonyl (C=O) groups is 1. The topological polar surface area (TPSA) is 89.5 Å². The van der Waals surface area contributed by atoms with Gasteiger partial charge in [-0.05, 0) is 23.8 Å². The van der Waals surface area contributed by atoms with E-state index in [2.05, 4.69) is 10.5 Å². The van der Waals surface area contributed by atoms with Gasteiger partial charge in [-0.15, -0.1) is 0 Å². The Kier molecular flexibility index (Phi) is 6.72. The van der Waals surface area contributed by atoms with Crippen molar-refractivity contribution in [2.45, 2.75) is 13.0 Å². The molecule has 0 aliphatic heterocycles. The van der Waals surface area contributed by atoms with Crippen molar-refractivity contribution in [2.75, 3.05) is 0 Å². The highest BCUT2D eigenvalue weighted by Crippen LogP contribution is 2.25. The predicted octanol–water partition coefficient (Wildman–Crippen LogP) is 5.60. The zero-order valence-electron chi connectivity index (χ0n) is 17.2. The Hall–Kier alpha value is -3.68. The van der Waals surface area contributed by atoms with E-state index in [0.29, 0.717) is 22.2 Å². The summed E-state index contributed by atoms with van der Waals surface area (Å²) in [5.41, 5.74) is 5.39. The number of nitrogens with one attached hydrogen (secondary N) is 1. The van der Waals surface area contributed by atoms with Crippen LogP contribution in [0.1, 0.15) is 16.7 Å². The highest BCUT2D eigenvalue weighted by molar-refractivity contribution is 6.35. The summed E-state index contributed by atoms with van der Waals surface area (Å²) in [5.74, 6) is -0.447. The fourth-order valence-electron chi connectivity index (χ4n) is 3.57. The molecule has 1 heterocycles. The highest BCUT2D eigenvalue weighted by atomic mass is 35.5. The summed E-state index contributed by atoms with van der Waals surface area (Å²) in [5, 5.41) is 17.3. The minimum Gasteiger partial charge on any atom is -0.342 e. The molecule has 0 unspecified atom stereocenters. The molecule has 0 aliphatic carbocycles. The van der Waals surface area contributed by atoms with E-state index < -0.39 is 10.8 Å². The first-order chi connectivity index (χ1) is 15.9. The molecule has 0 saturated carbocycles. The minimum absolute atomic E-state index is 0.0967. The molecule has 3 aromatic carbocycles. The van der Waals surface area contributed by atoms with Crippen LogP contribution in [-0.2, 0) is 17.8 Å². The fraction of sp³-hybridized carbons (Fsp3) is 0.0833. The first-order valence-electron chi connectivity index (χ1n) is 9.98. The maximum Gasteiger partial charge on any atom is 0.273 e. The van der Waals surface area contributed by atoms with Crippen molar-refractivity contribution in [1.29, 1.82) is 0 Å². The molecule has 0 fully saturated rings. The van der Waals surface area contributed by atoms with Crippen LogP contribution in [0, 0.1) is 10.1 Å². The Labute approximate surface area is 199 Å². The molecule has 166 valence electrons. The van der Waals surface area contributed by atoms with Crippen LogP contribution in [-0.4, -0.2) is 21.6 Å². The smallest absolute Gasteiger partial charge is 0.273 e. The largest absolute Gasteiger partial charge is 0.342 e. The van der Waals surface area contributed by atoms with Crippen LogP contribution in [0.4, 0.5) is 5.69 Å². The third-order valence-corrected chi connectivity index (χ3v) is 5.69. The maximum absolute atomic E-state index is 12.3. The highest BCUT2D eigenvalue weighted by Gasteiger charge is 2.15. The number of rotatable bonds is 7. The first kappa shape index (κ1) is 22.5. The number of nitrogens with zero attached hydrogens (tertiary/aromatic N) is 3. The second-order valence-corrected chi connectivity index (χ2v) is 8.16. The van der Waals surface area contributed by atoms with Crippen molar-refractivity contribution in [1.82, 2.24) is 9.99 Å². The first-order valence-corrected chi connectivity index (χ1v) is 10.7. The van der Waals surface area contributed by atoms with Crippen LogP contribution in [0.5, 0.6) is 0 Å². The number of nitro benzene ring substituents is 1. The van der Waals surface area contributed by atoms with Gasteiger partial charge in [-0.2, -0.15) is 5.10 Å². The van der Waals surface area contributed by atoms with E-state index in [4.69, 9.17) is 23.2 Å². The van der Waals surface area contributed by atoms with E-state index in [9.17, 15) is 14.9 Å². The molecule has 0 spiro atoms. The van der Waals surface area contributed by atoms with Gasteiger partial charge in [0.2, 0.25) is 5.91 Å².